The van der Waals surface area contributed by atoms with Crippen molar-refractivity contribution in [2.75, 3.05) is 11.1 Å². The monoisotopic (exact) mass is 399 g/mol. The van der Waals surface area contributed by atoms with Gasteiger partial charge in [-0.15, -0.1) is 11.3 Å². The van der Waals surface area contributed by atoms with E-state index in [-0.39, 0.29) is 11.0 Å². The second kappa shape index (κ2) is 7.50. The van der Waals surface area contributed by atoms with E-state index in [4.69, 9.17) is 18.0 Å². The molecule has 0 fully saturated rings. The smallest absolute Gasteiger partial charge is 0.281 e. The number of rotatable bonds is 2. The van der Waals surface area contributed by atoms with Gasteiger partial charge in [-0.25, -0.2) is 4.98 Å². The summed E-state index contributed by atoms with van der Waals surface area (Å²) in [5.41, 5.74) is 17.0. The van der Waals surface area contributed by atoms with Gasteiger partial charge >= 0.3 is 0 Å². The maximum atomic E-state index is 12.5. The predicted molar refractivity (Wildman–Crippen MR) is 116 cm³/mol. The number of nitrogens with zero attached hydrogens (tertiary/aromatic N) is 1. The van der Waals surface area contributed by atoms with E-state index in [2.05, 4.69) is 21.2 Å². The summed E-state index contributed by atoms with van der Waals surface area (Å²) in [6.07, 6.45) is 0. The third-order valence-electron chi connectivity index (χ3n) is 4.28. The Kier molecular flexibility index (Phi) is 5.29. The molecule has 0 bridgehead atoms. The summed E-state index contributed by atoms with van der Waals surface area (Å²) in [5.74, 6) is -0.350. The van der Waals surface area contributed by atoms with Crippen LogP contribution in [0.4, 0.5) is 11.4 Å². The highest BCUT2D eigenvalue weighted by Gasteiger charge is 2.19. The van der Waals surface area contributed by atoms with Crippen LogP contribution in [0.1, 0.15) is 32.1 Å². The largest absolute Gasteiger partial charge is 0.397 e. The molecule has 0 aliphatic heterocycles. The van der Waals surface area contributed by atoms with Gasteiger partial charge in [0.25, 0.3) is 5.91 Å². The molecule has 2 heterocycles. The van der Waals surface area contributed by atoms with Gasteiger partial charge in [0.2, 0.25) is 0 Å². The number of hydrogen-bond donors (Lipinski definition) is 4. The lowest BCUT2D eigenvalue weighted by Gasteiger charge is -2.12. The van der Waals surface area contributed by atoms with Crippen LogP contribution in [-0.4, -0.2) is 16.0 Å². The number of aryl methyl sites for hydroxylation is 4. The normalized spacial score (nSPS) is 10.7. The Bertz CT molecular complexity index is 1060. The third kappa shape index (κ3) is 4.01. The number of aromatic nitrogens is 1. The van der Waals surface area contributed by atoms with E-state index < -0.39 is 0 Å². The number of nitrogen functional groups attached to an aromatic ring is 1. The Labute approximate surface area is 167 Å². The van der Waals surface area contributed by atoms with Crippen molar-refractivity contribution in [3.8, 4) is 0 Å². The molecule has 0 atom stereocenters. The molecule has 8 heteroatoms. The van der Waals surface area contributed by atoms with E-state index in [0.29, 0.717) is 10.6 Å². The maximum absolute atomic E-state index is 12.5. The van der Waals surface area contributed by atoms with Crippen molar-refractivity contribution in [3.05, 3.63) is 51.5 Å². The van der Waals surface area contributed by atoms with E-state index in [1.54, 1.807) is 0 Å². The first-order valence-corrected chi connectivity index (χ1v) is 9.59. The molecule has 0 spiro atoms. The van der Waals surface area contributed by atoms with Crippen molar-refractivity contribution in [3.63, 3.8) is 0 Å². The van der Waals surface area contributed by atoms with Crippen LogP contribution in [0.15, 0.2) is 24.3 Å². The molecule has 0 saturated heterocycles. The Morgan fingerprint density at radius 3 is 2.52 bits per heavy atom. The van der Waals surface area contributed by atoms with Crippen LogP contribution >= 0.6 is 23.6 Å². The van der Waals surface area contributed by atoms with Crippen LogP contribution < -0.4 is 21.9 Å². The second-order valence-corrected chi connectivity index (χ2v) is 7.85. The van der Waals surface area contributed by atoms with Crippen molar-refractivity contribution in [2.24, 2.45) is 0 Å². The molecule has 2 aromatic heterocycles. The van der Waals surface area contributed by atoms with Gasteiger partial charge in [-0.3, -0.25) is 15.6 Å². The molecule has 0 aliphatic rings. The number of carbonyl (C=O) groups excluding carboxylic acids is 1. The molecule has 5 N–H and O–H groups in total. The summed E-state index contributed by atoms with van der Waals surface area (Å²) >= 11 is 6.51. The fraction of sp³-hybridized carbons (Fsp3) is 0.211. The van der Waals surface area contributed by atoms with Crippen LogP contribution in [0.2, 0.25) is 0 Å². The molecule has 6 nitrogen and oxygen atoms in total. The molecule has 1 amide bonds. The predicted octanol–water partition coefficient (Wildman–Crippen LogP) is 3.74. The van der Waals surface area contributed by atoms with Gasteiger partial charge in [-0.2, -0.15) is 0 Å². The molecule has 0 unspecified atom stereocenters. The molecular formula is C19H21N5OS2. The van der Waals surface area contributed by atoms with Crippen molar-refractivity contribution in [1.29, 1.82) is 0 Å². The van der Waals surface area contributed by atoms with E-state index in [9.17, 15) is 4.79 Å². The summed E-state index contributed by atoms with van der Waals surface area (Å²) in [5, 5.41) is 4.15. The van der Waals surface area contributed by atoms with Gasteiger partial charge in [0.15, 0.2) is 5.11 Å². The molecule has 27 heavy (non-hydrogen) atoms. The van der Waals surface area contributed by atoms with Gasteiger partial charge in [0, 0.05) is 16.8 Å². The highest BCUT2D eigenvalue weighted by atomic mass is 32.1. The lowest BCUT2D eigenvalue weighted by atomic mass is 10.1. The van der Waals surface area contributed by atoms with Crippen LogP contribution in [0.25, 0.3) is 10.2 Å². The summed E-state index contributed by atoms with van der Waals surface area (Å²) in [6.45, 7) is 7.95. The average Bonchev–Trinajstić information content (AvgIpc) is 2.93. The van der Waals surface area contributed by atoms with Gasteiger partial charge in [-0.1, -0.05) is 6.07 Å². The zero-order valence-corrected chi connectivity index (χ0v) is 17.2. The average molecular weight is 400 g/mol. The van der Waals surface area contributed by atoms with Gasteiger partial charge in [-0.05, 0) is 74.8 Å². The molecular weight excluding hydrogens is 378 g/mol. The van der Waals surface area contributed by atoms with Crippen molar-refractivity contribution < 1.29 is 4.79 Å². The molecule has 140 valence electrons. The van der Waals surface area contributed by atoms with E-state index in [1.807, 2.05) is 52.0 Å². The Morgan fingerprint density at radius 1 is 1.07 bits per heavy atom. The number of carbonyl (C=O) groups is 1. The van der Waals surface area contributed by atoms with Crippen LogP contribution in [0.5, 0.6) is 0 Å². The van der Waals surface area contributed by atoms with Gasteiger partial charge < -0.3 is 11.1 Å². The fourth-order valence-electron chi connectivity index (χ4n) is 2.79. The number of amides is 1. The third-order valence-corrected chi connectivity index (χ3v) is 5.59. The highest BCUT2D eigenvalue weighted by molar-refractivity contribution is 7.80. The number of benzene rings is 1. The Hall–Kier alpha value is -2.71. The van der Waals surface area contributed by atoms with Crippen LogP contribution in [0.3, 0.4) is 0 Å². The lowest BCUT2D eigenvalue weighted by Crippen LogP contribution is -2.43. The van der Waals surface area contributed by atoms with Crippen LogP contribution in [-0.2, 0) is 0 Å². The quantitative estimate of drug-likeness (QED) is 0.388. The molecule has 0 aliphatic carbocycles. The summed E-state index contributed by atoms with van der Waals surface area (Å²) in [4.78, 5) is 18.2. The van der Waals surface area contributed by atoms with Gasteiger partial charge in [0.1, 0.15) is 9.71 Å². The minimum atomic E-state index is -0.350. The molecule has 3 aromatic rings. The maximum Gasteiger partial charge on any atom is 0.281 e. The highest BCUT2D eigenvalue weighted by Crippen LogP contribution is 2.34. The molecule has 3 rings (SSSR count). The first-order chi connectivity index (χ1) is 12.8. The van der Waals surface area contributed by atoms with Gasteiger partial charge in [0.05, 0.1) is 5.69 Å². The SMILES string of the molecule is Cc1cc(C)c2c(N)c(C(=O)NNC(=S)Nc3ccc(C)c(C)c3)sc2n1. The number of nitrogens with one attached hydrogen (secondary N) is 3. The molecule has 0 radical (unpaired) electrons. The number of nitrogens with two attached hydrogens (primary N) is 1. The summed E-state index contributed by atoms with van der Waals surface area (Å²) in [6, 6.07) is 7.88. The number of pyridine rings is 1. The van der Waals surface area contributed by atoms with E-state index in [0.717, 1.165) is 32.7 Å². The number of fused-ring (bicyclic) bond motifs is 1. The first-order valence-electron chi connectivity index (χ1n) is 8.37. The van der Waals surface area contributed by atoms with Crippen LogP contribution in [0, 0.1) is 27.7 Å². The van der Waals surface area contributed by atoms with Crippen molar-refractivity contribution in [1.82, 2.24) is 15.8 Å². The number of hydrogen-bond acceptors (Lipinski definition) is 5. The van der Waals surface area contributed by atoms with Crippen molar-refractivity contribution in [2.45, 2.75) is 27.7 Å². The fourth-order valence-corrected chi connectivity index (χ4v) is 4.07. The zero-order chi connectivity index (χ0) is 19.7. The summed E-state index contributed by atoms with van der Waals surface area (Å²) in [7, 11) is 0. The second-order valence-electron chi connectivity index (χ2n) is 6.44. The molecule has 0 saturated carbocycles. The number of thiocarbonyl (C=S) groups is 1. The standard InChI is InChI=1S/C19H21N5OS2/c1-9-5-6-13(8-10(9)2)22-19(26)24-23-17(25)16-15(20)14-11(3)7-12(4)21-18(14)27-16/h5-8H,20H2,1-4H3,(H,23,25)(H2,22,24,26). The van der Waals surface area contributed by atoms with Crippen molar-refractivity contribution >= 4 is 56.2 Å². The first kappa shape index (κ1) is 19.1. The number of thiophene rings is 1. The minimum absolute atomic E-state index is 0.288. The lowest BCUT2D eigenvalue weighted by molar-refractivity contribution is 0.0949. The Balaban J connectivity index is 1.69. The summed E-state index contributed by atoms with van der Waals surface area (Å²) < 4.78 is 0. The Morgan fingerprint density at radius 2 is 1.81 bits per heavy atom. The zero-order valence-electron chi connectivity index (χ0n) is 15.6. The topological polar surface area (TPSA) is 92.1 Å². The molecule has 1 aromatic carbocycles. The number of anilines is 2. The van der Waals surface area contributed by atoms with E-state index >= 15 is 0 Å². The minimum Gasteiger partial charge on any atom is -0.397 e. The van der Waals surface area contributed by atoms with E-state index in [1.165, 1.54) is 16.9 Å². The number of hydrazine groups is 1.